The Hall–Kier alpha value is -4.11. The smallest absolute Gasteiger partial charge is 0.250 e. The summed E-state index contributed by atoms with van der Waals surface area (Å²) >= 11 is 0. The van der Waals surface area contributed by atoms with Crippen LogP contribution >= 0.6 is 0 Å². The van der Waals surface area contributed by atoms with Gasteiger partial charge in [0.25, 0.3) is 5.91 Å². The van der Waals surface area contributed by atoms with Crippen molar-refractivity contribution in [3.8, 4) is 5.75 Å². The van der Waals surface area contributed by atoms with Crippen LogP contribution < -0.4 is 21.1 Å². The molecule has 9 heteroatoms. The zero-order valence-corrected chi connectivity index (χ0v) is 21.7. The standard InChI is InChI=1S/C29H33FN6O2/c1-3-10-36-11-8-18(9-12-36)19-4-7-23(27(13-19)38-2)34-28-15-22-25(16-32-17-26(22)35-28)33-24-14-20(30)5-6-21(24)29(31)37/h4-7,13-18,33-35H,3,8-12H2,1-2H3,(H2,31,37). The number of aromatic amines is 1. The number of benzene rings is 2. The number of halogens is 1. The number of primary amides is 1. The lowest BCUT2D eigenvalue weighted by Gasteiger charge is -2.32. The molecule has 5 rings (SSSR count). The molecule has 1 aliphatic rings. The molecule has 198 valence electrons. The number of ether oxygens (including phenoxy) is 1. The van der Waals surface area contributed by atoms with Gasteiger partial charge in [-0.05, 0) is 86.8 Å². The third-order valence-corrected chi connectivity index (χ3v) is 7.16. The highest BCUT2D eigenvalue weighted by Gasteiger charge is 2.21. The summed E-state index contributed by atoms with van der Waals surface area (Å²) in [5, 5.41) is 7.35. The molecule has 0 saturated carbocycles. The van der Waals surface area contributed by atoms with Crippen LogP contribution in [-0.2, 0) is 0 Å². The molecule has 38 heavy (non-hydrogen) atoms. The largest absolute Gasteiger partial charge is 0.495 e. The lowest BCUT2D eigenvalue weighted by atomic mass is 9.89. The maximum atomic E-state index is 13.9. The Balaban J connectivity index is 1.37. The molecule has 2 aromatic carbocycles. The number of H-pyrrole nitrogens is 1. The number of pyridine rings is 1. The average molecular weight is 517 g/mol. The number of anilines is 4. The van der Waals surface area contributed by atoms with Gasteiger partial charge < -0.3 is 31.0 Å². The molecule has 1 aliphatic heterocycles. The first-order valence-electron chi connectivity index (χ1n) is 13.0. The second-order valence-electron chi connectivity index (χ2n) is 9.71. The Kier molecular flexibility index (Phi) is 7.46. The van der Waals surface area contributed by atoms with E-state index in [0.717, 1.165) is 54.1 Å². The number of methoxy groups -OCH3 is 1. The molecule has 0 aliphatic carbocycles. The molecule has 0 atom stereocenters. The van der Waals surface area contributed by atoms with Crippen molar-refractivity contribution in [2.24, 2.45) is 5.73 Å². The highest BCUT2D eigenvalue weighted by molar-refractivity contribution is 6.02. The predicted octanol–water partition coefficient (Wildman–Crippen LogP) is 5.89. The molecular formula is C29H33FN6O2. The first-order valence-corrected chi connectivity index (χ1v) is 13.0. The van der Waals surface area contributed by atoms with E-state index >= 15 is 0 Å². The number of rotatable bonds is 9. The second kappa shape index (κ2) is 11.1. The first kappa shape index (κ1) is 25.5. The van der Waals surface area contributed by atoms with Gasteiger partial charge >= 0.3 is 0 Å². The number of nitrogens with two attached hydrogens (primary N) is 1. The minimum absolute atomic E-state index is 0.193. The van der Waals surface area contributed by atoms with Gasteiger partial charge in [-0.3, -0.25) is 9.78 Å². The lowest BCUT2D eigenvalue weighted by Crippen LogP contribution is -2.33. The van der Waals surface area contributed by atoms with E-state index in [1.54, 1.807) is 19.5 Å². The van der Waals surface area contributed by atoms with Crippen LogP contribution in [0.25, 0.3) is 10.9 Å². The van der Waals surface area contributed by atoms with E-state index in [0.29, 0.717) is 11.6 Å². The van der Waals surface area contributed by atoms with E-state index in [1.807, 2.05) is 6.07 Å². The van der Waals surface area contributed by atoms with Crippen LogP contribution in [0.5, 0.6) is 5.75 Å². The fraction of sp³-hybridized carbons (Fsp3) is 0.310. The van der Waals surface area contributed by atoms with Crippen molar-refractivity contribution in [1.82, 2.24) is 14.9 Å². The molecule has 4 aromatic rings. The summed E-state index contributed by atoms with van der Waals surface area (Å²) in [6.45, 7) is 5.67. The van der Waals surface area contributed by atoms with E-state index in [-0.39, 0.29) is 11.3 Å². The van der Waals surface area contributed by atoms with E-state index in [1.165, 1.54) is 36.7 Å². The summed E-state index contributed by atoms with van der Waals surface area (Å²) in [6.07, 6.45) is 6.83. The molecule has 0 bridgehead atoms. The number of nitrogens with one attached hydrogen (secondary N) is 3. The van der Waals surface area contributed by atoms with Gasteiger partial charge in [0, 0.05) is 5.39 Å². The molecule has 1 amide bonds. The molecule has 0 unspecified atom stereocenters. The molecular weight excluding hydrogens is 483 g/mol. The number of fused-ring (bicyclic) bond motifs is 1. The first-order chi connectivity index (χ1) is 18.4. The van der Waals surface area contributed by atoms with E-state index in [9.17, 15) is 9.18 Å². The highest BCUT2D eigenvalue weighted by atomic mass is 19.1. The lowest BCUT2D eigenvalue weighted by molar-refractivity contribution is 0.100. The number of carbonyl (C=O) groups excluding carboxylic acids is 1. The summed E-state index contributed by atoms with van der Waals surface area (Å²) < 4.78 is 19.6. The Morgan fingerprint density at radius 3 is 2.66 bits per heavy atom. The topological polar surface area (TPSA) is 108 Å². The quantitative estimate of drug-likeness (QED) is 0.221. The van der Waals surface area contributed by atoms with Gasteiger partial charge in [0.15, 0.2) is 0 Å². The Morgan fingerprint density at radius 1 is 1.11 bits per heavy atom. The van der Waals surface area contributed by atoms with Crippen LogP contribution in [0.15, 0.2) is 54.9 Å². The van der Waals surface area contributed by atoms with Crippen LogP contribution in [0.1, 0.15) is 48.0 Å². The van der Waals surface area contributed by atoms with E-state index < -0.39 is 11.7 Å². The van der Waals surface area contributed by atoms with Crippen LogP contribution in [0, 0.1) is 5.82 Å². The summed E-state index contributed by atoms with van der Waals surface area (Å²) in [5.74, 6) is 0.929. The SMILES string of the molecule is CCCN1CCC(c2ccc(Nc3cc4c(Nc5cc(F)ccc5C(N)=O)cncc4[nH]3)c(OC)c2)CC1. The maximum Gasteiger partial charge on any atom is 0.250 e. The van der Waals surface area contributed by atoms with E-state index in [2.05, 4.69) is 50.6 Å². The fourth-order valence-corrected chi connectivity index (χ4v) is 5.21. The van der Waals surface area contributed by atoms with Crippen LogP contribution in [0.3, 0.4) is 0 Å². The molecule has 1 saturated heterocycles. The van der Waals surface area contributed by atoms with Crippen LogP contribution in [0.2, 0.25) is 0 Å². The van der Waals surface area contributed by atoms with Crippen molar-refractivity contribution in [3.05, 3.63) is 71.8 Å². The maximum absolute atomic E-state index is 13.9. The Labute approximate surface area is 221 Å². The van der Waals surface area contributed by atoms with Gasteiger partial charge in [0.1, 0.15) is 17.4 Å². The molecule has 8 nitrogen and oxygen atoms in total. The summed E-state index contributed by atoms with van der Waals surface area (Å²) in [7, 11) is 1.68. The van der Waals surface area contributed by atoms with Crippen molar-refractivity contribution in [1.29, 1.82) is 0 Å². The Bertz CT molecular complexity index is 1440. The number of aromatic nitrogens is 2. The third-order valence-electron chi connectivity index (χ3n) is 7.16. The van der Waals surface area contributed by atoms with Crippen LogP contribution in [0.4, 0.5) is 27.3 Å². The average Bonchev–Trinajstić information content (AvgIpc) is 3.33. The molecule has 5 N–H and O–H groups in total. The summed E-state index contributed by atoms with van der Waals surface area (Å²) in [4.78, 5) is 22.0. The van der Waals surface area contributed by atoms with Crippen molar-refractivity contribution in [2.75, 3.05) is 37.4 Å². The summed E-state index contributed by atoms with van der Waals surface area (Å²) in [6, 6.07) is 12.1. The summed E-state index contributed by atoms with van der Waals surface area (Å²) in [5.41, 5.74) is 9.47. The minimum atomic E-state index is -0.647. The third kappa shape index (κ3) is 5.43. The minimum Gasteiger partial charge on any atom is -0.495 e. The zero-order valence-electron chi connectivity index (χ0n) is 21.7. The van der Waals surface area contributed by atoms with Crippen molar-refractivity contribution in [3.63, 3.8) is 0 Å². The molecule has 0 radical (unpaired) electrons. The molecule has 3 heterocycles. The number of carbonyl (C=O) groups is 1. The molecule has 2 aromatic heterocycles. The molecule has 1 fully saturated rings. The Morgan fingerprint density at radius 2 is 1.92 bits per heavy atom. The fourth-order valence-electron chi connectivity index (χ4n) is 5.21. The number of piperidine rings is 1. The number of hydrogen-bond donors (Lipinski definition) is 4. The second-order valence-corrected chi connectivity index (χ2v) is 9.71. The van der Waals surface area contributed by atoms with Gasteiger partial charge in [0.05, 0.1) is 47.6 Å². The van der Waals surface area contributed by atoms with Crippen molar-refractivity contribution < 1.29 is 13.9 Å². The number of likely N-dealkylation sites (tertiary alicyclic amines) is 1. The number of amides is 1. The van der Waals surface area contributed by atoms with Crippen molar-refractivity contribution >= 4 is 39.7 Å². The number of nitrogens with zero attached hydrogens (tertiary/aromatic N) is 2. The van der Waals surface area contributed by atoms with Crippen molar-refractivity contribution in [2.45, 2.75) is 32.1 Å². The van der Waals surface area contributed by atoms with E-state index in [4.69, 9.17) is 10.5 Å². The monoisotopic (exact) mass is 516 g/mol. The van der Waals surface area contributed by atoms with Gasteiger partial charge in [-0.25, -0.2) is 4.39 Å². The normalized spacial score (nSPS) is 14.5. The van der Waals surface area contributed by atoms with Gasteiger partial charge in [-0.1, -0.05) is 13.0 Å². The highest BCUT2D eigenvalue weighted by Crippen LogP contribution is 2.36. The number of hydrogen-bond acceptors (Lipinski definition) is 6. The zero-order chi connectivity index (χ0) is 26.6. The van der Waals surface area contributed by atoms with Gasteiger partial charge in [0.2, 0.25) is 0 Å². The molecule has 0 spiro atoms. The van der Waals surface area contributed by atoms with Crippen LogP contribution in [-0.4, -0.2) is 47.5 Å². The van der Waals surface area contributed by atoms with Gasteiger partial charge in [-0.2, -0.15) is 0 Å². The predicted molar refractivity (Wildman–Crippen MR) is 149 cm³/mol. The van der Waals surface area contributed by atoms with Gasteiger partial charge in [-0.15, -0.1) is 0 Å².